The van der Waals surface area contributed by atoms with E-state index in [1.165, 1.54) is 18.4 Å². The third-order valence-electron chi connectivity index (χ3n) is 5.04. The Balaban J connectivity index is 0.00000243. The van der Waals surface area contributed by atoms with E-state index in [2.05, 4.69) is 59.8 Å². The van der Waals surface area contributed by atoms with Gasteiger partial charge in [-0.3, -0.25) is 4.99 Å². The lowest BCUT2D eigenvalue weighted by Gasteiger charge is -2.22. The first kappa shape index (κ1) is 21.4. The van der Waals surface area contributed by atoms with Crippen molar-refractivity contribution in [3.05, 3.63) is 35.9 Å². The number of aliphatic imine (C=N–C) groups is 1. The predicted octanol–water partition coefficient (Wildman–Crippen LogP) is 3.00. The molecule has 0 spiro atoms. The Kier molecular flexibility index (Phi) is 9.15. The first-order valence-electron chi connectivity index (χ1n) is 9.67. The van der Waals surface area contributed by atoms with Crippen LogP contribution in [-0.2, 0) is 11.3 Å². The molecule has 26 heavy (non-hydrogen) atoms. The number of guanidine groups is 1. The van der Waals surface area contributed by atoms with E-state index in [-0.39, 0.29) is 24.0 Å². The van der Waals surface area contributed by atoms with Crippen molar-refractivity contribution < 1.29 is 4.74 Å². The van der Waals surface area contributed by atoms with E-state index in [0.717, 1.165) is 45.0 Å². The van der Waals surface area contributed by atoms with Gasteiger partial charge in [0.15, 0.2) is 5.96 Å². The van der Waals surface area contributed by atoms with Crippen LogP contribution in [0.1, 0.15) is 38.2 Å². The Labute approximate surface area is 175 Å². The minimum Gasteiger partial charge on any atom is -0.373 e. The number of nitrogens with zero attached hydrogens (tertiary/aromatic N) is 2. The van der Waals surface area contributed by atoms with E-state index in [9.17, 15) is 0 Å². The molecule has 2 aliphatic heterocycles. The van der Waals surface area contributed by atoms with E-state index in [0.29, 0.717) is 18.2 Å². The maximum Gasteiger partial charge on any atom is 0.191 e. The summed E-state index contributed by atoms with van der Waals surface area (Å²) in [6.45, 7) is 5.89. The van der Waals surface area contributed by atoms with Gasteiger partial charge in [0, 0.05) is 19.6 Å². The molecule has 2 bridgehead atoms. The van der Waals surface area contributed by atoms with Crippen LogP contribution in [0.25, 0.3) is 0 Å². The van der Waals surface area contributed by atoms with Crippen LogP contribution in [0, 0.1) is 0 Å². The molecular formula is C20H33IN4O. The van der Waals surface area contributed by atoms with Gasteiger partial charge >= 0.3 is 0 Å². The molecule has 1 aromatic carbocycles. The fourth-order valence-electron chi connectivity index (χ4n) is 3.79. The highest BCUT2D eigenvalue weighted by Crippen LogP contribution is 2.34. The van der Waals surface area contributed by atoms with Gasteiger partial charge in [0.1, 0.15) is 0 Å². The Morgan fingerprint density at radius 3 is 2.73 bits per heavy atom. The second-order valence-electron chi connectivity index (χ2n) is 7.20. The van der Waals surface area contributed by atoms with Crippen LogP contribution in [0.2, 0.25) is 0 Å². The van der Waals surface area contributed by atoms with Crippen LogP contribution < -0.4 is 10.6 Å². The molecule has 1 aromatic rings. The summed E-state index contributed by atoms with van der Waals surface area (Å²) < 4.78 is 5.93. The zero-order chi connectivity index (χ0) is 17.5. The molecule has 0 aliphatic carbocycles. The second-order valence-corrected chi connectivity index (χ2v) is 7.20. The van der Waals surface area contributed by atoms with Crippen molar-refractivity contribution in [2.24, 2.45) is 4.99 Å². The first-order chi connectivity index (χ1) is 12.2. The maximum atomic E-state index is 5.93. The fraction of sp³-hybridized carbons (Fsp3) is 0.650. The van der Waals surface area contributed by atoms with Crippen LogP contribution in [-0.4, -0.2) is 55.8 Å². The number of fused-ring (bicyclic) bond motifs is 2. The minimum absolute atomic E-state index is 0. The molecule has 5 nitrogen and oxygen atoms in total. The van der Waals surface area contributed by atoms with E-state index in [1.807, 2.05) is 0 Å². The maximum absolute atomic E-state index is 5.93. The zero-order valence-electron chi connectivity index (χ0n) is 16.0. The number of nitrogens with one attached hydrogen (secondary N) is 2. The monoisotopic (exact) mass is 472 g/mol. The lowest BCUT2D eigenvalue weighted by atomic mass is 9.96. The van der Waals surface area contributed by atoms with Crippen molar-refractivity contribution in [2.45, 2.75) is 57.4 Å². The molecule has 2 fully saturated rings. The fourth-order valence-corrected chi connectivity index (χ4v) is 3.79. The third-order valence-corrected chi connectivity index (χ3v) is 5.04. The number of halogens is 1. The van der Waals surface area contributed by atoms with Gasteiger partial charge in [0.05, 0.1) is 18.2 Å². The molecule has 0 radical (unpaired) electrons. The number of hydrogen-bond acceptors (Lipinski definition) is 3. The van der Waals surface area contributed by atoms with Gasteiger partial charge < -0.3 is 20.3 Å². The van der Waals surface area contributed by atoms with E-state index >= 15 is 0 Å². The number of ether oxygens (including phenoxy) is 1. The van der Waals surface area contributed by atoms with Gasteiger partial charge in [-0.05, 0) is 51.8 Å². The number of benzene rings is 1. The molecule has 2 heterocycles. The average molecular weight is 472 g/mol. The minimum atomic E-state index is 0. The Morgan fingerprint density at radius 2 is 2.08 bits per heavy atom. The lowest BCUT2D eigenvalue weighted by molar-refractivity contribution is 0.0992. The van der Waals surface area contributed by atoms with Gasteiger partial charge in [-0.25, -0.2) is 0 Å². The molecule has 3 unspecified atom stereocenters. The van der Waals surface area contributed by atoms with Gasteiger partial charge in [-0.1, -0.05) is 30.3 Å². The van der Waals surface area contributed by atoms with Crippen molar-refractivity contribution in [3.8, 4) is 0 Å². The van der Waals surface area contributed by atoms with Crippen molar-refractivity contribution >= 4 is 29.9 Å². The van der Waals surface area contributed by atoms with Crippen LogP contribution >= 0.6 is 24.0 Å². The van der Waals surface area contributed by atoms with Crippen molar-refractivity contribution in [2.75, 3.05) is 26.7 Å². The smallest absolute Gasteiger partial charge is 0.191 e. The van der Waals surface area contributed by atoms with Crippen molar-refractivity contribution in [3.63, 3.8) is 0 Å². The van der Waals surface area contributed by atoms with E-state index < -0.39 is 0 Å². The van der Waals surface area contributed by atoms with Crippen molar-refractivity contribution in [1.82, 2.24) is 15.5 Å². The SMILES string of the molecule is CCNC(=NCCCN(C)Cc1ccccc1)NC1CC2CCC1O2.I. The normalized spacial score (nSPS) is 24.6. The molecule has 0 aromatic heterocycles. The highest BCUT2D eigenvalue weighted by molar-refractivity contribution is 14.0. The van der Waals surface area contributed by atoms with Crippen LogP contribution in [0.3, 0.4) is 0 Å². The quantitative estimate of drug-likeness (QED) is 0.265. The molecule has 3 atom stereocenters. The summed E-state index contributed by atoms with van der Waals surface area (Å²) in [4.78, 5) is 7.11. The lowest BCUT2D eigenvalue weighted by Crippen LogP contribution is -2.47. The summed E-state index contributed by atoms with van der Waals surface area (Å²) in [6.07, 6.45) is 5.45. The molecule has 0 amide bonds. The summed E-state index contributed by atoms with van der Waals surface area (Å²) >= 11 is 0. The third kappa shape index (κ3) is 6.39. The summed E-state index contributed by atoms with van der Waals surface area (Å²) in [7, 11) is 2.17. The van der Waals surface area contributed by atoms with Crippen LogP contribution in [0.4, 0.5) is 0 Å². The summed E-state index contributed by atoms with van der Waals surface area (Å²) in [5.74, 6) is 0.939. The summed E-state index contributed by atoms with van der Waals surface area (Å²) in [5, 5.41) is 6.94. The van der Waals surface area contributed by atoms with Gasteiger partial charge in [0.25, 0.3) is 0 Å². The molecule has 146 valence electrons. The second kappa shape index (κ2) is 11.1. The highest BCUT2D eigenvalue weighted by atomic mass is 127. The average Bonchev–Trinajstić information content (AvgIpc) is 3.22. The highest BCUT2D eigenvalue weighted by Gasteiger charge is 2.41. The summed E-state index contributed by atoms with van der Waals surface area (Å²) in [6, 6.07) is 11.0. The topological polar surface area (TPSA) is 48.9 Å². The standard InChI is InChI=1S/C20H32N4O.HI/c1-3-21-20(23-18-14-17-10-11-19(18)25-17)22-12-7-13-24(2)15-16-8-5-4-6-9-16;/h4-6,8-9,17-19H,3,7,10-15H2,1-2H3,(H2,21,22,23);1H. The zero-order valence-corrected chi connectivity index (χ0v) is 18.3. The van der Waals surface area contributed by atoms with Gasteiger partial charge in [-0.2, -0.15) is 0 Å². The molecule has 2 aliphatic rings. The predicted molar refractivity (Wildman–Crippen MR) is 118 cm³/mol. The Hall–Kier alpha value is -0.860. The molecule has 3 rings (SSSR count). The molecular weight excluding hydrogens is 439 g/mol. The molecule has 2 N–H and O–H groups in total. The van der Waals surface area contributed by atoms with E-state index in [4.69, 9.17) is 9.73 Å². The molecule has 0 saturated carbocycles. The van der Waals surface area contributed by atoms with Crippen LogP contribution in [0.15, 0.2) is 35.3 Å². The number of rotatable bonds is 8. The van der Waals surface area contributed by atoms with Crippen LogP contribution in [0.5, 0.6) is 0 Å². The Bertz CT molecular complexity index is 554. The van der Waals surface area contributed by atoms with E-state index in [1.54, 1.807) is 0 Å². The van der Waals surface area contributed by atoms with Crippen molar-refractivity contribution in [1.29, 1.82) is 0 Å². The first-order valence-corrected chi connectivity index (χ1v) is 9.67. The summed E-state index contributed by atoms with van der Waals surface area (Å²) in [5.41, 5.74) is 1.36. The Morgan fingerprint density at radius 1 is 1.27 bits per heavy atom. The van der Waals surface area contributed by atoms with Gasteiger partial charge in [0.2, 0.25) is 0 Å². The largest absolute Gasteiger partial charge is 0.373 e. The molecule has 2 saturated heterocycles. The van der Waals surface area contributed by atoms with Gasteiger partial charge in [-0.15, -0.1) is 24.0 Å². The number of hydrogen-bond donors (Lipinski definition) is 2. The molecule has 6 heteroatoms.